The fourth-order valence-corrected chi connectivity index (χ4v) is 1.48. The molecule has 5 nitrogen and oxygen atoms in total. The smallest absolute Gasteiger partial charge is 0.339 e. The van der Waals surface area contributed by atoms with E-state index in [0.29, 0.717) is 0 Å². The van der Waals surface area contributed by atoms with E-state index < -0.39 is 11.8 Å². The average Bonchev–Trinajstić information content (AvgIpc) is 2.41. The van der Waals surface area contributed by atoms with E-state index in [4.69, 9.17) is 14.6 Å². The van der Waals surface area contributed by atoms with Crippen LogP contribution in [0.3, 0.4) is 0 Å². The third-order valence-electron chi connectivity index (χ3n) is 2.34. The first-order chi connectivity index (χ1) is 9.11. The molecule has 0 spiro atoms. The standard InChI is InChI=1S/C13H10FNO4/c1-18-10-4-2-3-9(13(16)17)12(10)19-11-6-5-8(14)7-15-11/h2-7H,1H3,(H,16,17). The summed E-state index contributed by atoms with van der Waals surface area (Å²) < 4.78 is 23.1. The minimum Gasteiger partial charge on any atom is -0.493 e. The minimum atomic E-state index is -1.16. The number of nitrogens with zero attached hydrogens (tertiary/aromatic N) is 1. The molecule has 98 valence electrons. The second-order valence-corrected chi connectivity index (χ2v) is 3.56. The van der Waals surface area contributed by atoms with Gasteiger partial charge in [0.15, 0.2) is 11.5 Å². The summed E-state index contributed by atoms with van der Waals surface area (Å²) in [6, 6.07) is 6.94. The molecule has 0 saturated heterocycles. The van der Waals surface area contributed by atoms with Crippen molar-refractivity contribution in [2.75, 3.05) is 7.11 Å². The summed E-state index contributed by atoms with van der Waals surface area (Å²) >= 11 is 0. The molecule has 0 radical (unpaired) electrons. The Morgan fingerprint density at radius 2 is 2.11 bits per heavy atom. The topological polar surface area (TPSA) is 68.7 Å². The molecule has 1 aromatic carbocycles. The van der Waals surface area contributed by atoms with Gasteiger partial charge in [-0.25, -0.2) is 14.2 Å². The van der Waals surface area contributed by atoms with Crippen molar-refractivity contribution in [3.63, 3.8) is 0 Å². The lowest BCUT2D eigenvalue weighted by Gasteiger charge is -2.11. The van der Waals surface area contributed by atoms with Gasteiger partial charge in [-0.05, 0) is 18.2 Å². The fraction of sp³-hybridized carbons (Fsp3) is 0.0769. The number of para-hydroxylation sites is 1. The van der Waals surface area contributed by atoms with Crippen LogP contribution < -0.4 is 9.47 Å². The number of carboxylic acids is 1. The number of aromatic nitrogens is 1. The first kappa shape index (κ1) is 12.8. The molecule has 0 atom stereocenters. The molecule has 1 N–H and O–H groups in total. The summed E-state index contributed by atoms with van der Waals surface area (Å²) in [5, 5.41) is 9.09. The second kappa shape index (κ2) is 5.34. The van der Waals surface area contributed by atoms with Gasteiger partial charge in [-0.15, -0.1) is 0 Å². The van der Waals surface area contributed by atoms with Crippen LogP contribution in [0.1, 0.15) is 10.4 Å². The molecule has 1 aromatic heterocycles. The lowest BCUT2D eigenvalue weighted by Crippen LogP contribution is -2.02. The van der Waals surface area contributed by atoms with E-state index in [1.807, 2.05) is 0 Å². The van der Waals surface area contributed by atoms with E-state index >= 15 is 0 Å². The minimum absolute atomic E-state index is 0.0246. The van der Waals surface area contributed by atoms with Crippen molar-refractivity contribution >= 4 is 5.97 Å². The molecular weight excluding hydrogens is 253 g/mol. The van der Waals surface area contributed by atoms with Gasteiger partial charge in [0.2, 0.25) is 5.88 Å². The van der Waals surface area contributed by atoms with Gasteiger partial charge in [0.1, 0.15) is 11.4 Å². The lowest BCUT2D eigenvalue weighted by molar-refractivity contribution is 0.0693. The zero-order valence-electron chi connectivity index (χ0n) is 9.96. The Balaban J connectivity index is 2.42. The van der Waals surface area contributed by atoms with Crippen LogP contribution in [-0.4, -0.2) is 23.2 Å². The van der Waals surface area contributed by atoms with Crippen molar-refractivity contribution in [1.82, 2.24) is 4.98 Å². The van der Waals surface area contributed by atoms with E-state index in [0.717, 1.165) is 12.3 Å². The van der Waals surface area contributed by atoms with Crippen molar-refractivity contribution in [2.24, 2.45) is 0 Å². The van der Waals surface area contributed by atoms with E-state index in [9.17, 15) is 9.18 Å². The van der Waals surface area contributed by atoms with Gasteiger partial charge in [0.05, 0.1) is 13.3 Å². The van der Waals surface area contributed by atoms with Crippen molar-refractivity contribution < 1.29 is 23.8 Å². The Kier molecular flexibility index (Phi) is 3.61. The van der Waals surface area contributed by atoms with Crippen LogP contribution in [0.5, 0.6) is 17.4 Å². The van der Waals surface area contributed by atoms with Gasteiger partial charge in [-0.2, -0.15) is 0 Å². The van der Waals surface area contributed by atoms with Crippen LogP contribution in [0.25, 0.3) is 0 Å². The van der Waals surface area contributed by atoms with Crippen molar-refractivity contribution in [3.05, 3.63) is 47.9 Å². The van der Waals surface area contributed by atoms with Gasteiger partial charge in [-0.1, -0.05) is 6.07 Å². The maximum absolute atomic E-state index is 12.7. The Hall–Kier alpha value is -2.63. The third-order valence-corrected chi connectivity index (χ3v) is 2.34. The quantitative estimate of drug-likeness (QED) is 0.918. The van der Waals surface area contributed by atoms with E-state index in [-0.39, 0.29) is 22.9 Å². The monoisotopic (exact) mass is 263 g/mol. The molecule has 0 aliphatic heterocycles. The Morgan fingerprint density at radius 3 is 2.68 bits per heavy atom. The molecule has 0 fully saturated rings. The van der Waals surface area contributed by atoms with Crippen LogP contribution in [0.4, 0.5) is 4.39 Å². The summed E-state index contributed by atoms with van der Waals surface area (Å²) in [4.78, 5) is 14.8. The van der Waals surface area contributed by atoms with Gasteiger partial charge in [-0.3, -0.25) is 0 Å². The SMILES string of the molecule is COc1cccc(C(=O)O)c1Oc1ccc(F)cn1. The summed E-state index contributed by atoms with van der Waals surface area (Å²) in [5.41, 5.74) is -0.0644. The molecule has 19 heavy (non-hydrogen) atoms. The second-order valence-electron chi connectivity index (χ2n) is 3.56. The third kappa shape index (κ3) is 2.79. The maximum Gasteiger partial charge on any atom is 0.339 e. The highest BCUT2D eigenvalue weighted by Gasteiger charge is 2.17. The number of benzene rings is 1. The van der Waals surface area contributed by atoms with Crippen LogP contribution >= 0.6 is 0 Å². The van der Waals surface area contributed by atoms with Crippen LogP contribution in [0.2, 0.25) is 0 Å². The van der Waals surface area contributed by atoms with Gasteiger partial charge < -0.3 is 14.6 Å². The van der Waals surface area contributed by atoms with Crippen LogP contribution in [0.15, 0.2) is 36.5 Å². The highest BCUT2D eigenvalue weighted by atomic mass is 19.1. The molecule has 1 heterocycles. The molecule has 2 rings (SSSR count). The van der Waals surface area contributed by atoms with Gasteiger partial charge in [0, 0.05) is 6.07 Å². The predicted molar refractivity (Wildman–Crippen MR) is 64.2 cm³/mol. The highest BCUT2D eigenvalue weighted by molar-refractivity contribution is 5.92. The number of hydrogen-bond acceptors (Lipinski definition) is 4. The van der Waals surface area contributed by atoms with Crippen molar-refractivity contribution in [3.8, 4) is 17.4 Å². The summed E-state index contributed by atoms with van der Waals surface area (Å²) in [6.45, 7) is 0. The van der Waals surface area contributed by atoms with E-state index in [2.05, 4.69) is 4.98 Å². The number of rotatable bonds is 4. The number of ether oxygens (including phenoxy) is 2. The molecular formula is C13H10FNO4. The molecule has 2 aromatic rings. The highest BCUT2D eigenvalue weighted by Crippen LogP contribution is 2.34. The van der Waals surface area contributed by atoms with Crippen molar-refractivity contribution in [2.45, 2.75) is 0 Å². The Bertz CT molecular complexity index is 598. The number of halogens is 1. The number of carboxylic acid groups (broad SMARTS) is 1. The first-order valence-corrected chi connectivity index (χ1v) is 5.31. The van der Waals surface area contributed by atoms with Crippen LogP contribution in [-0.2, 0) is 0 Å². The molecule has 0 aliphatic rings. The summed E-state index contributed by atoms with van der Waals surface area (Å²) in [7, 11) is 1.39. The van der Waals surface area contributed by atoms with Gasteiger partial charge in [0.25, 0.3) is 0 Å². The van der Waals surface area contributed by atoms with Gasteiger partial charge >= 0.3 is 5.97 Å². The van der Waals surface area contributed by atoms with Crippen molar-refractivity contribution in [1.29, 1.82) is 0 Å². The van der Waals surface area contributed by atoms with E-state index in [1.165, 1.54) is 25.3 Å². The number of methoxy groups -OCH3 is 1. The normalized spacial score (nSPS) is 10.0. The first-order valence-electron chi connectivity index (χ1n) is 5.31. The average molecular weight is 263 g/mol. The predicted octanol–water partition coefficient (Wildman–Crippen LogP) is 2.72. The number of pyridine rings is 1. The maximum atomic E-state index is 12.7. The number of aromatic carboxylic acids is 1. The molecule has 0 amide bonds. The Morgan fingerprint density at radius 1 is 1.32 bits per heavy atom. The lowest BCUT2D eigenvalue weighted by atomic mass is 10.2. The number of carbonyl (C=O) groups is 1. The van der Waals surface area contributed by atoms with E-state index in [1.54, 1.807) is 6.07 Å². The largest absolute Gasteiger partial charge is 0.493 e. The Labute approximate surface area is 108 Å². The number of hydrogen-bond donors (Lipinski definition) is 1. The molecule has 0 saturated carbocycles. The summed E-state index contributed by atoms with van der Waals surface area (Å²) in [6.07, 6.45) is 0.977. The molecule has 0 bridgehead atoms. The molecule has 6 heteroatoms. The summed E-state index contributed by atoms with van der Waals surface area (Å²) in [5.74, 6) is -1.31. The van der Waals surface area contributed by atoms with Crippen LogP contribution in [0, 0.1) is 5.82 Å². The zero-order chi connectivity index (χ0) is 13.8. The molecule has 0 aliphatic carbocycles. The molecule has 0 unspecified atom stereocenters. The fourth-order valence-electron chi connectivity index (χ4n) is 1.48. The zero-order valence-corrected chi connectivity index (χ0v) is 9.96.